The zero-order valence-corrected chi connectivity index (χ0v) is 9.87. The molecule has 5 heteroatoms. The van der Waals surface area contributed by atoms with Gasteiger partial charge < -0.3 is 5.32 Å². The fourth-order valence-electron chi connectivity index (χ4n) is 1.30. The Labute approximate surface area is 96.3 Å². The van der Waals surface area contributed by atoms with Crippen LogP contribution in [-0.2, 0) is 6.54 Å². The summed E-state index contributed by atoms with van der Waals surface area (Å²) in [6.45, 7) is 0.692. The average Bonchev–Trinajstić information content (AvgIpc) is 2.68. The second-order valence-corrected chi connectivity index (χ2v) is 3.97. The summed E-state index contributed by atoms with van der Waals surface area (Å²) in [6, 6.07) is 7.89. The first-order chi connectivity index (χ1) is 7.31. The smallest absolute Gasteiger partial charge is 0.182 e. The maximum Gasteiger partial charge on any atom is 0.182 e. The summed E-state index contributed by atoms with van der Waals surface area (Å²) in [6.07, 6.45) is 0. The van der Waals surface area contributed by atoms with E-state index < -0.39 is 0 Å². The molecule has 0 bridgehead atoms. The molecule has 15 heavy (non-hydrogen) atoms. The Morgan fingerprint density at radius 3 is 2.93 bits per heavy atom. The Bertz CT molecular complexity index is 452. The highest BCUT2D eigenvalue weighted by Gasteiger charge is 2.07. The van der Waals surface area contributed by atoms with Gasteiger partial charge in [0, 0.05) is 10.0 Å². The number of nitrogens with zero attached hydrogens (tertiary/aromatic N) is 2. The van der Waals surface area contributed by atoms with Gasteiger partial charge in [0.15, 0.2) is 5.82 Å². The third-order valence-electron chi connectivity index (χ3n) is 1.99. The van der Waals surface area contributed by atoms with Crippen LogP contribution in [0.25, 0.3) is 11.4 Å². The van der Waals surface area contributed by atoms with Crippen molar-refractivity contribution in [2.24, 2.45) is 0 Å². The van der Waals surface area contributed by atoms with Gasteiger partial charge in [-0.2, -0.15) is 5.10 Å². The number of aromatic nitrogens is 3. The monoisotopic (exact) mass is 266 g/mol. The van der Waals surface area contributed by atoms with Gasteiger partial charge in [-0.25, -0.2) is 4.98 Å². The molecular weight excluding hydrogens is 256 g/mol. The van der Waals surface area contributed by atoms with E-state index in [-0.39, 0.29) is 0 Å². The maximum atomic E-state index is 4.37. The molecule has 0 atom stereocenters. The fourth-order valence-corrected chi connectivity index (χ4v) is 1.77. The minimum Gasteiger partial charge on any atom is -0.313 e. The summed E-state index contributed by atoms with van der Waals surface area (Å²) in [5.41, 5.74) is 0.996. The lowest BCUT2D eigenvalue weighted by Crippen LogP contribution is -2.06. The van der Waals surface area contributed by atoms with Crippen LogP contribution >= 0.6 is 15.9 Å². The molecule has 1 aromatic carbocycles. The normalized spacial score (nSPS) is 10.5. The molecule has 78 valence electrons. The molecule has 1 heterocycles. The summed E-state index contributed by atoms with van der Waals surface area (Å²) in [4.78, 5) is 4.37. The SMILES string of the molecule is CNCc1nc(-c2ccccc2Br)n[nH]1. The van der Waals surface area contributed by atoms with Gasteiger partial charge in [0.1, 0.15) is 5.82 Å². The van der Waals surface area contributed by atoms with Crippen molar-refractivity contribution in [1.82, 2.24) is 20.5 Å². The van der Waals surface area contributed by atoms with Crippen LogP contribution in [0.2, 0.25) is 0 Å². The minimum absolute atomic E-state index is 0.692. The summed E-state index contributed by atoms with van der Waals surface area (Å²) >= 11 is 3.47. The topological polar surface area (TPSA) is 53.6 Å². The molecule has 0 unspecified atom stereocenters. The maximum absolute atomic E-state index is 4.37. The molecule has 2 aromatic rings. The lowest BCUT2D eigenvalue weighted by molar-refractivity contribution is 0.763. The van der Waals surface area contributed by atoms with Crippen LogP contribution in [0.1, 0.15) is 5.82 Å². The van der Waals surface area contributed by atoms with Crippen molar-refractivity contribution < 1.29 is 0 Å². The fraction of sp³-hybridized carbons (Fsp3) is 0.200. The van der Waals surface area contributed by atoms with Crippen molar-refractivity contribution in [2.75, 3.05) is 7.05 Å². The zero-order valence-electron chi connectivity index (χ0n) is 8.29. The molecule has 0 saturated carbocycles. The van der Waals surface area contributed by atoms with Gasteiger partial charge in [0.2, 0.25) is 0 Å². The lowest BCUT2D eigenvalue weighted by Gasteiger charge is -1.97. The van der Waals surface area contributed by atoms with Gasteiger partial charge in [-0.15, -0.1) is 0 Å². The Balaban J connectivity index is 2.33. The highest BCUT2D eigenvalue weighted by atomic mass is 79.9. The van der Waals surface area contributed by atoms with Gasteiger partial charge in [0.05, 0.1) is 6.54 Å². The second kappa shape index (κ2) is 4.55. The largest absolute Gasteiger partial charge is 0.313 e. The molecular formula is C10H11BrN4. The third-order valence-corrected chi connectivity index (χ3v) is 2.68. The number of hydrogen-bond donors (Lipinski definition) is 2. The van der Waals surface area contributed by atoms with Crippen LogP contribution in [0.15, 0.2) is 28.7 Å². The van der Waals surface area contributed by atoms with Crippen molar-refractivity contribution >= 4 is 15.9 Å². The number of benzene rings is 1. The van der Waals surface area contributed by atoms with Gasteiger partial charge in [0.25, 0.3) is 0 Å². The van der Waals surface area contributed by atoms with E-state index in [2.05, 4.69) is 36.4 Å². The number of rotatable bonds is 3. The van der Waals surface area contributed by atoms with Gasteiger partial charge in [-0.05, 0) is 19.2 Å². The van der Waals surface area contributed by atoms with Crippen LogP contribution < -0.4 is 5.32 Å². The summed E-state index contributed by atoms with van der Waals surface area (Å²) in [7, 11) is 1.88. The number of halogens is 1. The number of hydrogen-bond acceptors (Lipinski definition) is 3. The first-order valence-corrected chi connectivity index (χ1v) is 5.41. The predicted molar refractivity (Wildman–Crippen MR) is 62.3 cm³/mol. The lowest BCUT2D eigenvalue weighted by atomic mass is 10.2. The van der Waals surface area contributed by atoms with Gasteiger partial charge in [-0.1, -0.05) is 28.1 Å². The van der Waals surface area contributed by atoms with Crippen LogP contribution in [0.3, 0.4) is 0 Å². The van der Waals surface area contributed by atoms with Crippen molar-refractivity contribution in [3.63, 3.8) is 0 Å². The number of aromatic amines is 1. The highest BCUT2D eigenvalue weighted by molar-refractivity contribution is 9.10. The Morgan fingerprint density at radius 2 is 2.20 bits per heavy atom. The standard InChI is InChI=1S/C10H11BrN4/c1-12-6-9-13-10(15-14-9)7-4-2-3-5-8(7)11/h2-5,12H,6H2,1H3,(H,13,14,15). The van der Waals surface area contributed by atoms with Gasteiger partial charge >= 0.3 is 0 Å². The molecule has 0 fully saturated rings. The molecule has 2 N–H and O–H groups in total. The van der Waals surface area contributed by atoms with Crippen LogP contribution in [0, 0.1) is 0 Å². The molecule has 0 radical (unpaired) electrons. The minimum atomic E-state index is 0.692. The molecule has 4 nitrogen and oxygen atoms in total. The van der Waals surface area contributed by atoms with E-state index in [4.69, 9.17) is 0 Å². The van der Waals surface area contributed by atoms with E-state index in [9.17, 15) is 0 Å². The first-order valence-electron chi connectivity index (χ1n) is 4.62. The summed E-state index contributed by atoms with van der Waals surface area (Å²) in [5.74, 6) is 1.55. The average molecular weight is 267 g/mol. The molecule has 0 aliphatic rings. The van der Waals surface area contributed by atoms with E-state index >= 15 is 0 Å². The van der Waals surface area contributed by atoms with E-state index in [1.165, 1.54) is 0 Å². The molecule has 0 saturated heterocycles. The van der Waals surface area contributed by atoms with E-state index in [0.717, 1.165) is 15.9 Å². The number of nitrogens with one attached hydrogen (secondary N) is 2. The summed E-state index contributed by atoms with van der Waals surface area (Å²) in [5, 5.41) is 10.1. The molecule has 0 aliphatic carbocycles. The molecule has 0 spiro atoms. The van der Waals surface area contributed by atoms with E-state index in [1.54, 1.807) is 0 Å². The molecule has 1 aromatic heterocycles. The Hall–Kier alpha value is -1.20. The van der Waals surface area contributed by atoms with Crippen molar-refractivity contribution in [3.05, 3.63) is 34.6 Å². The second-order valence-electron chi connectivity index (χ2n) is 3.12. The highest BCUT2D eigenvalue weighted by Crippen LogP contribution is 2.24. The van der Waals surface area contributed by atoms with Crippen molar-refractivity contribution in [2.45, 2.75) is 6.54 Å². The summed E-state index contributed by atoms with van der Waals surface area (Å²) < 4.78 is 1.00. The molecule has 0 amide bonds. The third kappa shape index (κ3) is 2.24. The first kappa shape index (κ1) is 10.3. The molecule has 2 rings (SSSR count). The number of H-pyrrole nitrogens is 1. The predicted octanol–water partition coefficient (Wildman–Crippen LogP) is 1.95. The zero-order chi connectivity index (χ0) is 10.7. The van der Waals surface area contributed by atoms with Gasteiger partial charge in [-0.3, -0.25) is 5.10 Å². The van der Waals surface area contributed by atoms with Crippen molar-refractivity contribution in [1.29, 1.82) is 0 Å². The van der Waals surface area contributed by atoms with Crippen molar-refractivity contribution in [3.8, 4) is 11.4 Å². The Kier molecular flexibility index (Phi) is 3.13. The molecule has 0 aliphatic heterocycles. The van der Waals surface area contributed by atoms with Crippen LogP contribution in [0.5, 0.6) is 0 Å². The Morgan fingerprint density at radius 1 is 1.40 bits per heavy atom. The quantitative estimate of drug-likeness (QED) is 0.893. The van der Waals surface area contributed by atoms with Crippen LogP contribution in [-0.4, -0.2) is 22.2 Å². The van der Waals surface area contributed by atoms with E-state index in [0.29, 0.717) is 12.4 Å². The van der Waals surface area contributed by atoms with Crippen LogP contribution in [0.4, 0.5) is 0 Å². The van der Waals surface area contributed by atoms with E-state index in [1.807, 2.05) is 31.3 Å².